The highest BCUT2D eigenvalue weighted by molar-refractivity contribution is 5.96. The Morgan fingerprint density at radius 2 is 1.75 bits per heavy atom. The molecule has 2 aromatic carbocycles. The van der Waals surface area contributed by atoms with Crippen molar-refractivity contribution < 1.29 is 28.2 Å². The molecule has 1 fully saturated rings. The highest BCUT2D eigenvalue weighted by atomic mass is 16.7. The van der Waals surface area contributed by atoms with Gasteiger partial charge in [0.1, 0.15) is 12.3 Å². The fourth-order valence-electron chi connectivity index (χ4n) is 5.17. The lowest BCUT2D eigenvalue weighted by molar-refractivity contribution is -0.133. The minimum absolute atomic E-state index is 0.0534. The van der Waals surface area contributed by atoms with Crippen molar-refractivity contribution in [2.75, 3.05) is 26.5 Å². The summed E-state index contributed by atoms with van der Waals surface area (Å²) < 4.78 is 22.4. The van der Waals surface area contributed by atoms with Gasteiger partial charge in [0.2, 0.25) is 12.7 Å². The van der Waals surface area contributed by atoms with Crippen LogP contribution < -0.4 is 9.47 Å². The van der Waals surface area contributed by atoms with Crippen LogP contribution in [0.25, 0.3) is 0 Å². The Morgan fingerprint density at radius 1 is 0.925 bits per heavy atom. The molecular formula is C32H38N2O6. The molecule has 0 radical (unpaired) electrons. The van der Waals surface area contributed by atoms with E-state index in [0.29, 0.717) is 42.5 Å². The first-order valence-electron chi connectivity index (χ1n) is 14.3. The number of ether oxygens (including phenoxy) is 3. The van der Waals surface area contributed by atoms with Crippen LogP contribution in [0.4, 0.5) is 0 Å². The third kappa shape index (κ3) is 7.24. The number of rotatable bonds is 13. The summed E-state index contributed by atoms with van der Waals surface area (Å²) in [5, 5.41) is 0. The zero-order chi connectivity index (χ0) is 27.7. The van der Waals surface area contributed by atoms with Crippen molar-refractivity contribution in [1.29, 1.82) is 0 Å². The van der Waals surface area contributed by atoms with E-state index in [-0.39, 0.29) is 37.8 Å². The summed E-state index contributed by atoms with van der Waals surface area (Å²) in [5.41, 5.74) is 2.71. The Balaban J connectivity index is 1.32. The molecule has 3 aromatic rings. The molecule has 0 saturated carbocycles. The van der Waals surface area contributed by atoms with Crippen LogP contribution in [-0.2, 0) is 29.0 Å². The Morgan fingerprint density at radius 3 is 2.50 bits per heavy atom. The van der Waals surface area contributed by atoms with Crippen molar-refractivity contribution in [2.45, 2.75) is 64.6 Å². The highest BCUT2D eigenvalue weighted by Crippen LogP contribution is 2.33. The zero-order valence-electron chi connectivity index (χ0n) is 23.2. The van der Waals surface area contributed by atoms with Crippen LogP contribution in [-0.4, -0.2) is 54.2 Å². The summed E-state index contributed by atoms with van der Waals surface area (Å²) in [5.74, 6) is 1.69. The average molecular weight is 547 g/mol. The maximum absolute atomic E-state index is 13.8. The minimum atomic E-state index is -0.170. The fraction of sp³-hybridized carbons (Fsp3) is 0.438. The number of hydrogen-bond acceptors (Lipinski definition) is 6. The number of carbonyl (C=O) groups excluding carboxylic acids is 2. The van der Waals surface area contributed by atoms with Gasteiger partial charge in [-0.25, -0.2) is 0 Å². The Hall–Kier alpha value is -3.78. The van der Waals surface area contributed by atoms with Crippen LogP contribution in [0.1, 0.15) is 66.3 Å². The van der Waals surface area contributed by atoms with E-state index in [9.17, 15) is 9.59 Å². The molecule has 0 spiro atoms. The van der Waals surface area contributed by atoms with Crippen molar-refractivity contribution >= 4 is 11.8 Å². The molecule has 8 heteroatoms. The predicted octanol–water partition coefficient (Wildman–Crippen LogP) is 5.59. The standard InChI is InChI=1S/C32H38N2O6/c1-2-3-4-7-24-10-13-26(14-11-24)32(36)34(21-28-9-6-17-38-28)22-31(35)33(20-27-8-5-16-37-27)19-25-12-15-29-30(18-25)40-23-39-29/h5,8,10-16,18,28H,2-4,6-7,9,17,19-23H2,1H3. The Bertz CT molecular complexity index is 1250. The molecule has 212 valence electrons. The summed E-state index contributed by atoms with van der Waals surface area (Å²) in [7, 11) is 0. The van der Waals surface area contributed by atoms with Crippen molar-refractivity contribution in [3.63, 3.8) is 0 Å². The van der Waals surface area contributed by atoms with E-state index in [1.807, 2.05) is 48.5 Å². The van der Waals surface area contributed by atoms with E-state index in [1.165, 1.54) is 18.4 Å². The maximum atomic E-state index is 13.8. The van der Waals surface area contributed by atoms with Gasteiger partial charge in [-0.3, -0.25) is 9.59 Å². The fourth-order valence-corrected chi connectivity index (χ4v) is 5.17. The first-order chi connectivity index (χ1) is 19.6. The molecular weight excluding hydrogens is 508 g/mol. The molecule has 8 nitrogen and oxygen atoms in total. The lowest BCUT2D eigenvalue weighted by Gasteiger charge is -2.29. The molecule has 2 aliphatic rings. The van der Waals surface area contributed by atoms with Gasteiger partial charge in [-0.1, -0.05) is 38.0 Å². The molecule has 1 aromatic heterocycles. The van der Waals surface area contributed by atoms with Gasteiger partial charge in [0, 0.05) is 25.3 Å². The van der Waals surface area contributed by atoms with E-state index in [0.717, 1.165) is 31.2 Å². The van der Waals surface area contributed by atoms with Crippen molar-refractivity contribution in [3.8, 4) is 11.5 Å². The molecule has 1 atom stereocenters. The summed E-state index contributed by atoms with van der Waals surface area (Å²) >= 11 is 0. The maximum Gasteiger partial charge on any atom is 0.254 e. The second-order valence-corrected chi connectivity index (χ2v) is 10.5. The topological polar surface area (TPSA) is 81.5 Å². The van der Waals surface area contributed by atoms with Crippen LogP contribution in [0.15, 0.2) is 65.3 Å². The molecule has 0 bridgehead atoms. The number of furan rings is 1. The number of benzene rings is 2. The largest absolute Gasteiger partial charge is 0.467 e. The number of hydrogen-bond donors (Lipinski definition) is 0. The van der Waals surface area contributed by atoms with E-state index >= 15 is 0 Å². The SMILES string of the molecule is CCCCCc1ccc(C(=O)N(CC(=O)N(Cc2ccc3c(c2)OCO3)Cc2ccco2)CC2CCCO2)cc1. The highest BCUT2D eigenvalue weighted by Gasteiger charge is 2.28. The van der Waals surface area contributed by atoms with Crippen LogP contribution >= 0.6 is 0 Å². The molecule has 40 heavy (non-hydrogen) atoms. The average Bonchev–Trinajstić information content (AvgIpc) is 3.76. The van der Waals surface area contributed by atoms with Gasteiger partial charge in [-0.05, 0) is 73.2 Å². The smallest absolute Gasteiger partial charge is 0.254 e. The normalized spacial score (nSPS) is 15.8. The second kappa shape index (κ2) is 13.5. The summed E-state index contributed by atoms with van der Waals surface area (Å²) in [4.78, 5) is 30.9. The van der Waals surface area contributed by atoms with Crippen LogP contribution in [0.5, 0.6) is 11.5 Å². The number of aryl methyl sites for hydroxylation is 1. The number of nitrogens with zero attached hydrogens (tertiary/aromatic N) is 2. The molecule has 1 saturated heterocycles. The summed E-state index contributed by atoms with van der Waals surface area (Å²) in [6.07, 6.45) is 7.87. The van der Waals surface area contributed by atoms with Crippen molar-refractivity contribution in [2.24, 2.45) is 0 Å². The lowest BCUT2D eigenvalue weighted by atomic mass is 10.0. The number of unbranched alkanes of at least 4 members (excludes halogenated alkanes) is 2. The van der Waals surface area contributed by atoms with E-state index in [2.05, 4.69) is 6.92 Å². The van der Waals surface area contributed by atoms with E-state index in [1.54, 1.807) is 22.1 Å². The number of carbonyl (C=O) groups is 2. The lowest BCUT2D eigenvalue weighted by Crippen LogP contribution is -2.45. The third-order valence-corrected chi connectivity index (χ3v) is 7.42. The first kappa shape index (κ1) is 27.8. The van der Waals surface area contributed by atoms with Gasteiger partial charge in [0.25, 0.3) is 5.91 Å². The quantitative estimate of drug-likeness (QED) is 0.260. The van der Waals surface area contributed by atoms with Crippen molar-refractivity contribution in [1.82, 2.24) is 9.80 Å². The molecule has 2 amide bonds. The van der Waals surface area contributed by atoms with Gasteiger partial charge in [-0.15, -0.1) is 0 Å². The van der Waals surface area contributed by atoms with Crippen molar-refractivity contribution in [3.05, 3.63) is 83.3 Å². The van der Waals surface area contributed by atoms with Gasteiger partial charge in [-0.2, -0.15) is 0 Å². The van der Waals surface area contributed by atoms with Crippen LogP contribution in [0.3, 0.4) is 0 Å². The summed E-state index contributed by atoms with van der Waals surface area (Å²) in [6.45, 7) is 4.01. The van der Waals surface area contributed by atoms with Crippen LogP contribution in [0, 0.1) is 0 Å². The molecule has 3 heterocycles. The van der Waals surface area contributed by atoms with Gasteiger partial charge < -0.3 is 28.4 Å². The molecule has 0 N–H and O–H groups in total. The zero-order valence-corrected chi connectivity index (χ0v) is 23.2. The number of fused-ring (bicyclic) bond motifs is 1. The van der Waals surface area contributed by atoms with Gasteiger partial charge in [0.05, 0.1) is 18.9 Å². The summed E-state index contributed by atoms with van der Waals surface area (Å²) in [6, 6.07) is 17.1. The Kier molecular flexibility index (Phi) is 9.39. The van der Waals surface area contributed by atoms with Gasteiger partial charge >= 0.3 is 0 Å². The monoisotopic (exact) mass is 546 g/mol. The Labute approximate surface area is 235 Å². The number of amides is 2. The minimum Gasteiger partial charge on any atom is -0.467 e. The van der Waals surface area contributed by atoms with Crippen LogP contribution in [0.2, 0.25) is 0 Å². The van der Waals surface area contributed by atoms with E-state index < -0.39 is 0 Å². The van der Waals surface area contributed by atoms with Gasteiger partial charge in [0.15, 0.2) is 11.5 Å². The predicted molar refractivity (Wildman–Crippen MR) is 150 cm³/mol. The molecule has 0 aliphatic carbocycles. The molecule has 1 unspecified atom stereocenters. The molecule has 5 rings (SSSR count). The second-order valence-electron chi connectivity index (χ2n) is 10.5. The first-order valence-corrected chi connectivity index (χ1v) is 14.3. The molecule has 2 aliphatic heterocycles. The van der Waals surface area contributed by atoms with E-state index in [4.69, 9.17) is 18.6 Å². The third-order valence-electron chi connectivity index (χ3n) is 7.42.